The summed E-state index contributed by atoms with van der Waals surface area (Å²) >= 11 is 0. The molecule has 0 radical (unpaired) electrons. The maximum Gasteiger partial charge on any atom is 0.534 e. The molecule has 0 spiro atoms. The van der Waals surface area contributed by atoms with Crippen LogP contribution in [0.4, 0.5) is 18.0 Å². The van der Waals surface area contributed by atoms with E-state index < -0.39 is 27.8 Å². The largest absolute Gasteiger partial charge is 0.534 e. The number of carbonyl (C=O) groups is 2. The second-order valence-electron chi connectivity index (χ2n) is 13.3. The van der Waals surface area contributed by atoms with Crippen LogP contribution >= 0.6 is 0 Å². The van der Waals surface area contributed by atoms with E-state index in [1.54, 1.807) is 12.3 Å². The van der Waals surface area contributed by atoms with Gasteiger partial charge in [0.2, 0.25) is 5.91 Å². The minimum absolute atomic E-state index is 0.114. The number of hydrogen-bond donors (Lipinski definition) is 2. The van der Waals surface area contributed by atoms with Crippen LogP contribution in [-0.2, 0) is 26.1 Å². The fraction of sp³-hybridized carbons (Fsp3) is 0.485. The molecule has 3 aliphatic carbocycles. The van der Waals surface area contributed by atoms with Gasteiger partial charge in [-0.2, -0.15) is 21.6 Å². The lowest BCUT2D eigenvalue weighted by molar-refractivity contribution is -0.136. The topological polar surface area (TPSA) is 131 Å². The highest BCUT2D eigenvalue weighted by atomic mass is 32.2. The second kappa shape index (κ2) is 11.3. The van der Waals surface area contributed by atoms with Gasteiger partial charge in [0.1, 0.15) is 17.6 Å². The molecule has 47 heavy (non-hydrogen) atoms. The van der Waals surface area contributed by atoms with Crippen LogP contribution in [0.5, 0.6) is 5.75 Å². The van der Waals surface area contributed by atoms with Gasteiger partial charge in [-0.05, 0) is 84.1 Å². The number of benzene rings is 2. The Morgan fingerprint density at radius 3 is 2.40 bits per heavy atom. The van der Waals surface area contributed by atoms with E-state index in [0.29, 0.717) is 23.7 Å². The predicted molar refractivity (Wildman–Crippen MR) is 164 cm³/mol. The molecule has 4 unspecified atom stereocenters. The molecule has 2 heterocycles. The molecule has 4 aliphatic rings. The van der Waals surface area contributed by atoms with E-state index in [2.05, 4.69) is 19.5 Å². The summed E-state index contributed by atoms with van der Waals surface area (Å²) in [5.74, 6) is 0.914. The molecule has 250 valence electrons. The monoisotopic (exact) mass is 672 g/mol. The van der Waals surface area contributed by atoms with Gasteiger partial charge in [-0.1, -0.05) is 44.2 Å². The van der Waals surface area contributed by atoms with Gasteiger partial charge in [-0.3, -0.25) is 4.79 Å². The number of amides is 2. The van der Waals surface area contributed by atoms with Crippen molar-refractivity contribution in [3.63, 3.8) is 0 Å². The number of aromatic nitrogens is 2. The number of imidazole rings is 1. The number of H-pyrrole nitrogens is 1. The molecule has 6 atom stereocenters. The zero-order valence-electron chi connectivity index (χ0n) is 26.0. The average molecular weight is 673 g/mol. The molecule has 1 aromatic heterocycles. The second-order valence-corrected chi connectivity index (χ2v) is 14.8. The molecule has 2 saturated carbocycles. The number of likely N-dealkylation sites (tertiary alicyclic amines) is 1. The SMILES string of the molecule is COC(=O)N[C@H](C(=O)N1C2CC2C[C@H]1c1ncc(-c2ccc(-c3ccc(OS(=O)(=O)C(F)(F)F)c4c3C3CCC3C4)cc2)[nH]1)C(C)C. The van der Waals surface area contributed by atoms with Crippen molar-refractivity contribution < 1.29 is 40.1 Å². The first kappa shape index (κ1) is 31.5. The third-order valence-electron chi connectivity index (χ3n) is 10.2. The number of carbonyl (C=O) groups excluding carboxylic acids is 2. The Hall–Kier alpha value is -4.07. The zero-order chi connectivity index (χ0) is 33.4. The van der Waals surface area contributed by atoms with Crippen molar-refractivity contribution in [2.45, 2.75) is 75.5 Å². The number of piperidine rings is 1. The Bertz CT molecular complexity index is 1840. The van der Waals surface area contributed by atoms with Crippen molar-refractivity contribution in [3.05, 3.63) is 59.5 Å². The van der Waals surface area contributed by atoms with Crippen molar-refractivity contribution in [3.8, 4) is 28.1 Å². The third kappa shape index (κ3) is 5.43. The van der Waals surface area contributed by atoms with Gasteiger partial charge in [0.15, 0.2) is 0 Å². The van der Waals surface area contributed by atoms with Crippen molar-refractivity contribution >= 4 is 22.1 Å². The van der Waals surface area contributed by atoms with Crippen LogP contribution in [0.2, 0.25) is 0 Å². The van der Waals surface area contributed by atoms with Crippen LogP contribution in [0.1, 0.15) is 68.4 Å². The first-order valence-electron chi connectivity index (χ1n) is 15.8. The number of methoxy groups -OCH3 is 1. The first-order chi connectivity index (χ1) is 22.3. The molecular weight excluding hydrogens is 637 g/mol. The summed E-state index contributed by atoms with van der Waals surface area (Å²) in [6.45, 7) is 3.75. The van der Waals surface area contributed by atoms with E-state index in [1.807, 2.05) is 43.0 Å². The fourth-order valence-corrected chi connectivity index (χ4v) is 8.08. The lowest BCUT2D eigenvalue weighted by atomic mass is 9.73. The molecule has 14 heteroatoms. The number of nitrogens with one attached hydrogen (secondary N) is 2. The molecule has 3 fully saturated rings. The summed E-state index contributed by atoms with van der Waals surface area (Å²) in [5, 5.41) is 2.68. The van der Waals surface area contributed by atoms with E-state index in [-0.39, 0.29) is 41.5 Å². The van der Waals surface area contributed by atoms with Crippen LogP contribution in [0.3, 0.4) is 0 Å². The van der Waals surface area contributed by atoms with E-state index in [0.717, 1.165) is 53.6 Å². The highest BCUT2D eigenvalue weighted by molar-refractivity contribution is 7.88. The molecular formula is C33H35F3N4O6S. The molecule has 1 saturated heterocycles. The van der Waals surface area contributed by atoms with Gasteiger partial charge >= 0.3 is 21.7 Å². The summed E-state index contributed by atoms with van der Waals surface area (Å²) < 4.78 is 72.2. The van der Waals surface area contributed by atoms with Gasteiger partial charge < -0.3 is 24.1 Å². The zero-order valence-corrected chi connectivity index (χ0v) is 26.8. The highest BCUT2D eigenvalue weighted by Gasteiger charge is 2.56. The van der Waals surface area contributed by atoms with Crippen LogP contribution < -0.4 is 9.50 Å². The Kier molecular flexibility index (Phi) is 7.56. The number of nitrogens with zero attached hydrogens (tertiary/aromatic N) is 2. The summed E-state index contributed by atoms with van der Waals surface area (Å²) in [5.41, 5.74) is -0.802. The smallest absolute Gasteiger partial charge is 0.453 e. The van der Waals surface area contributed by atoms with Gasteiger partial charge in [0.05, 0.1) is 25.0 Å². The standard InChI is InChI=1S/C33H35F3N4O6S/c1-16(2)29(39-32(42)45-3)31(41)40-25-13-20(25)14-26(40)30-37-15-24(38-30)18-6-4-17(5-7-18)21-10-11-27(46-47(43,44)33(34,35)36)23-12-19-8-9-22(19)28(21)23/h4-7,10-11,15-16,19-20,22,25-26,29H,8-9,12-14H2,1-3H3,(H,37,38)(H,39,42)/t19?,20?,22?,25?,26-,29-/m0/s1. The average Bonchev–Trinajstić information content (AvgIpc) is 3.32. The van der Waals surface area contributed by atoms with Crippen molar-refractivity contribution in [1.29, 1.82) is 0 Å². The van der Waals surface area contributed by atoms with Crippen molar-refractivity contribution in [1.82, 2.24) is 20.2 Å². The minimum atomic E-state index is -5.78. The summed E-state index contributed by atoms with van der Waals surface area (Å²) in [7, 11) is -4.52. The lowest BCUT2D eigenvalue weighted by Crippen LogP contribution is -2.52. The number of halogens is 3. The van der Waals surface area contributed by atoms with Gasteiger partial charge in [0, 0.05) is 11.6 Å². The number of rotatable bonds is 8. The van der Waals surface area contributed by atoms with E-state index in [1.165, 1.54) is 13.2 Å². The molecule has 1 aliphatic heterocycles. The molecule has 7 rings (SSSR count). The maximum atomic E-state index is 13.7. The van der Waals surface area contributed by atoms with Gasteiger partial charge in [-0.15, -0.1) is 0 Å². The lowest BCUT2D eigenvalue weighted by Gasteiger charge is -2.32. The number of fused-ring (bicyclic) bond motifs is 4. The predicted octanol–water partition coefficient (Wildman–Crippen LogP) is 6.06. The van der Waals surface area contributed by atoms with E-state index in [9.17, 15) is 31.2 Å². The Labute approximate surface area is 270 Å². The van der Waals surface area contributed by atoms with Crippen molar-refractivity contribution in [2.24, 2.45) is 17.8 Å². The van der Waals surface area contributed by atoms with Crippen molar-refractivity contribution in [2.75, 3.05) is 7.11 Å². The Balaban J connectivity index is 1.13. The van der Waals surface area contributed by atoms with Crippen LogP contribution in [0.25, 0.3) is 22.4 Å². The third-order valence-corrected chi connectivity index (χ3v) is 11.2. The summed E-state index contributed by atoms with van der Waals surface area (Å²) in [6.07, 6.45) is 5.07. The number of alkyl carbamates (subject to hydrolysis) is 1. The molecule has 0 bridgehead atoms. The maximum absolute atomic E-state index is 13.7. The highest BCUT2D eigenvalue weighted by Crippen LogP contribution is 2.57. The summed E-state index contributed by atoms with van der Waals surface area (Å²) in [6, 6.07) is 9.81. The number of ether oxygens (including phenoxy) is 1. The molecule has 10 nitrogen and oxygen atoms in total. The fourth-order valence-electron chi connectivity index (χ4n) is 7.59. The van der Waals surface area contributed by atoms with Gasteiger partial charge in [0.25, 0.3) is 0 Å². The molecule has 2 aromatic carbocycles. The normalized spacial score (nSPS) is 25.0. The summed E-state index contributed by atoms with van der Waals surface area (Å²) in [4.78, 5) is 35.6. The number of aromatic amines is 1. The number of alkyl halides is 3. The van der Waals surface area contributed by atoms with Gasteiger partial charge in [-0.25, -0.2) is 9.78 Å². The van der Waals surface area contributed by atoms with E-state index >= 15 is 0 Å². The molecule has 2 amide bonds. The quantitative estimate of drug-likeness (QED) is 0.220. The van der Waals surface area contributed by atoms with E-state index in [4.69, 9.17) is 4.74 Å². The molecule has 2 N–H and O–H groups in total. The van der Waals surface area contributed by atoms with Crippen LogP contribution in [0, 0.1) is 17.8 Å². The Morgan fingerprint density at radius 2 is 1.77 bits per heavy atom. The Morgan fingerprint density at radius 1 is 1.04 bits per heavy atom. The van der Waals surface area contributed by atoms with Crippen LogP contribution in [-0.4, -0.2) is 60.0 Å². The minimum Gasteiger partial charge on any atom is -0.453 e. The van der Waals surface area contributed by atoms with Crippen LogP contribution in [0.15, 0.2) is 42.6 Å². The number of hydrogen-bond acceptors (Lipinski definition) is 7. The first-order valence-corrected chi connectivity index (χ1v) is 17.2. The molecule has 3 aromatic rings.